The monoisotopic (exact) mass is 480 g/mol. The number of hydrogen-bond donors (Lipinski definition) is 0. The van der Waals surface area contributed by atoms with Crippen molar-refractivity contribution in [2.24, 2.45) is 5.92 Å². The summed E-state index contributed by atoms with van der Waals surface area (Å²) in [6.07, 6.45) is 1.83. The molecule has 2 fully saturated rings. The van der Waals surface area contributed by atoms with Gasteiger partial charge in [0.15, 0.2) is 5.13 Å². The van der Waals surface area contributed by atoms with E-state index in [1.165, 1.54) is 0 Å². The van der Waals surface area contributed by atoms with Gasteiger partial charge in [0.1, 0.15) is 5.75 Å². The first-order valence-corrected chi connectivity index (χ1v) is 12.2. The van der Waals surface area contributed by atoms with E-state index in [0.717, 1.165) is 84.2 Å². The number of piperazine rings is 1. The van der Waals surface area contributed by atoms with Crippen LogP contribution in [0.15, 0.2) is 16.6 Å². The summed E-state index contributed by atoms with van der Waals surface area (Å²) in [7, 11) is 0. The molecule has 0 saturated carbocycles. The van der Waals surface area contributed by atoms with Gasteiger partial charge in [0, 0.05) is 51.3 Å². The van der Waals surface area contributed by atoms with Gasteiger partial charge in [0.05, 0.1) is 21.3 Å². The number of piperidine rings is 1. The Morgan fingerprint density at radius 2 is 1.90 bits per heavy atom. The van der Waals surface area contributed by atoms with Gasteiger partial charge < -0.3 is 19.4 Å². The number of carbonyl (C=O) groups is 1. The van der Waals surface area contributed by atoms with Crippen molar-refractivity contribution in [2.75, 3.05) is 57.3 Å². The van der Waals surface area contributed by atoms with Gasteiger partial charge in [-0.3, -0.25) is 4.79 Å². The minimum absolute atomic E-state index is 0.160. The third-order valence-electron chi connectivity index (χ3n) is 5.98. The number of hydrogen-bond acceptors (Lipinski definition) is 6. The zero-order valence-electron chi connectivity index (χ0n) is 17.2. The summed E-state index contributed by atoms with van der Waals surface area (Å²) >= 11 is 5.28. The summed E-state index contributed by atoms with van der Waals surface area (Å²) < 4.78 is 7.76. The molecule has 8 heteroatoms. The predicted molar refractivity (Wildman–Crippen MR) is 122 cm³/mol. The molecule has 2 aliphatic heterocycles. The van der Waals surface area contributed by atoms with Crippen LogP contribution in [-0.2, 0) is 4.79 Å². The van der Waals surface area contributed by atoms with Crippen LogP contribution in [0, 0.1) is 5.92 Å². The topological polar surface area (TPSA) is 48.9 Å². The first-order valence-electron chi connectivity index (χ1n) is 10.6. The Kier molecular flexibility index (Phi) is 6.61. The quantitative estimate of drug-likeness (QED) is 0.650. The van der Waals surface area contributed by atoms with E-state index in [9.17, 15) is 4.79 Å². The fraction of sp³-hybridized carbons (Fsp3) is 0.619. The van der Waals surface area contributed by atoms with E-state index in [-0.39, 0.29) is 5.92 Å². The van der Waals surface area contributed by atoms with Crippen LogP contribution in [0.3, 0.4) is 0 Å². The zero-order valence-corrected chi connectivity index (χ0v) is 19.6. The fourth-order valence-electron chi connectivity index (χ4n) is 4.18. The number of anilines is 1. The van der Waals surface area contributed by atoms with E-state index >= 15 is 0 Å². The molecule has 0 bridgehead atoms. The van der Waals surface area contributed by atoms with Gasteiger partial charge in [-0.2, -0.15) is 0 Å². The number of carbonyl (C=O) groups excluding carboxylic acids is 1. The molecular formula is C21H29BrN4O2S. The van der Waals surface area contributed by atoms with Crippen LogP contribution in [-0.4, -0.2) is 73.1 Å². The number of aromatic nitrogens is 1. The molecule has 0 aliphatic carbocycles. The Balaban J connectivity index is 1.37. The lowest BCUT2D eigenvalue weighted by Crippen LogP contribution is -2.51. The van der Waals surface area contributed by atoms with Crippen molar-refractivity contribution < 1.29 is 9.53 Å². The molecule has 158 valence electrons. The third kappa shape index (κ3) is 4.54. The van der Waals surface area contributed by atoms with E-state index in [2.05, 4.69) is 43.6 Å². The maximum Gasteiger partial charge on any atom is 0.225 e. The van der Waals surface area contributed by atoms with Crippen LogP contribution in [0.25, 0.3) is 10.2 Å². The van der Waals surface area contributed by atoms with E-state index in [1.54, 1.807) is 11.3 Å². The van der Waals surface area contributed by atoms with Crippen LogP contribution >= 0.6 is 27.3 Å². The van der Waals surface area contributed by atoms with Crippen molar-refractivity contribution in [1.82, 2.24) is 14.8 Å². The molecule has 0 radical (unpaired) electrons. The summed E-state index contributed by atoms with van der Waals surface area (Å²) in [5.41, 5.74) is 0.993. The highest BCUT2D eigenvalue weighted by Crippen LogP contribution is 2.37. The van der Waals surface area contributed by atoms with Gasteiger partial charge in [0.25, 0.3) is 0 Å². The van der Waals surface area contributed by atoms with Gasteiger partial charge in [-0.05, 0) is 48.3 Å². The molecule has 29 heavy (non-hydrogen) atoms. The van der Waals surface area contributed by atoms with Crippen LogP contribution in [0.2, 0.25) is 0 Å². The number of likely N-dealkylation sites (N-methyl/N-ethyl adjacent to an activating group) is 1. The van der Waals surface area contributed by atoms with Gasteiger partial charge >= 0.3 is 0 Å². The fourth-order valence-corrected chi connectivity index (χ4v) is 5.65. The Morgan fingerprint density at radius 3 is 2.55 bits per heavy atom. The molecule has 1 aromatic heterocycles. The zero-order chi connectivity index (χ0) is 20.4. The number of halogens is 1. The summed E-state index contributed by atoms with van der Waals surface area (Å²) in [4.78, 5) is 24.6. The molecule has 1 amide bonds. The van der Waals surface area contributed by atoms with Gasteiger partial charge in [-0.25, -0.2) is 4.98 Å². The maximum atomic E-state index is 12.9. The lowest BCUT2D eigenvalue weighted by molar-refractivity contribution is -0.137. The van der Waals surface area contributed by atoms with E-state index < -0.39 is 0 Å². The Bertz CT molecular complexity index is 858. The number of ether oxygens (including phenoxy) is 1. The Labute approximate surface area is 184 Å². The summed E-state index contributed by atoms with van der Waals surface area (Å²) in [6, 6.07) is 4.10. The predicted octanol–water partition coefficient (Wildman–Crippen LogP) is 3.84. The van der Waals surface area contributed by atoms with Crippen LogP contribution < -0.4 is 9.64 Å². The summed E-state index contributed by atoms with van der Waals surface area (Å²) in [6.45, 7) is 11.4. The second-order valence-corrected chi connectivity index (χ2v) is 9.56. The molecule has 0 atom stereocenters. The third-order valence-corrected chi connectivity index (χ3v) is 7.68. The molecule has 6 nitrogen and oxygen atoms in total. The molecule has 1 aromatic carbocycles. The summed E-state index contributed by atoms with van der Waals surface area (Å²) in [5, 5.41) is 1.04. The smallest absolute Gasteiger partial charge is 0.225 e. The first-order chi connectivity index (χ1) is 14.1. The van der Waals surface area contributed by atoms with E-state index in [1.807, 2.05) is 13.0 Å². The molecule has 3 heterocycles. The molecule has 2 aliphatic rings. The number of thiazole rings is 1. The number of fused-ring (bicyclic) bond motifs is 1. The van der Waals surface area contributed by atoms with Crippen molar-refractivity contribution in [3.05, 3.63) is 16.6 Å². The van der Waals surface area contributed by atoms with Crippen molar-refractivity contribution in [2.45, 2.75) is 26.7 Å². The largest absolute Gasteiger partial charge is 0.493 e. The minimum Gasteiger partial charge on any atom is -0.493 e. The van der Waals surface area contributed by atoms with Gasteiger partial charge in [-0.15, -0.1) is 0 Å². The lowest BCUT2D eigenvalue weighted by Gasteiger charge is -2.38. The van der Waals surface area contributed by atoms with Crippen LogP contribution in [0.4, 0.5) is 5.13 Å². The standard InChI is InChI=1S/C21H29BrN4O2S/c1-3-24-9-11-25(12-10-24)20(27)15-5-7-26(8-6-15)21-23-17-13-16(22)18(28-4-2)14-19(17)29-21/h13-15H,3-12H2,1-2H3. The highest BCUT2D eigenvalue weighted by atomic mass is 79.9. The average Bonchev–Trinajstić information content (AvgIpc) is 3.16. The second kappa shape index (κ2) is 9.18. The second-order valence-electron chi connectivity index (χ2n) is 7.70. The van der Waals surface area contributed by atoms with Crippen LogP contribution in [0.1, 0.15) is 26.7 Å². The van der Waals surface area contributed by atoms with Crippen molar-refractivity contribution >= 4 is 48.5 Å². The number of amides is 1. The van der Waals surface area contributed by atoms with Crippen molar-refractivity contribution in [1.29, 1.82) is 0 Å². The van der Waals surface area contributed by atoms with Crippen molar-refractivity contribution in [3.63, 3.8) is 0 Å². The highest BCUT2D eigenvalue weighted by Gasteiger charge is 2.31. The van der Waals surface area contributed by atoms with Gasteiger partial charge in [-0.1, -0.05) is 18.3 Å². The molecule has 2 saturated heterocycles. The SMILES string of the molecule is CCOc1cc2sc(N3CCC(C(=O)N4CCN(CC)CC4)CC3)nc2cc1Br. The van der Waals surface area contributed by atoms with Gasteiger partial charge in [0.2, 0.25) is 5.91 Å². The molecule has 2 aromatic rings. The van der Waals surface area contributed by atoms with E-state index in [4.69, 9.17) is 9.72 Å². The lowest BCUT2D eigenvalue weighted by atomic mass is 9.95. The molecular weight excluding hydrogens is 452 g/mol. The Morgan fingerprint density at radius 1 is 1.17 bits per heavy atom. The van der Waals surface area contributed by atoms with Crippen molar-refractivity contribution in [3.8, 4) is 5.75 Å². The first kappa shape index (κ1) is 20.9. The molecule has 4 rings (SSSR count). The number of benzene rings is 1. The molecule has 0 spiro atoms. The minimum atomic E-state index is 0.160. The average molecular weight is 481 g/mol. The summed E-state index contributed by atoms with van der Waals surface area (Å²) in [5.74, 6) is 1.38. The number of nitrogens with zero attached hydrogens (tertiary/aromatic N) is 4. The van der Waals surface area contributed by atoms with Crippen LogP contribution in [0.5, 0.6) is 5.75 Å². The normalized spacial score (nSPS) is 19.1. The highest BCUT2D eigenvalue weighted by molar-refractivity contribution is 9.10. The molecule has 0 N–H and O–H groups in total. The maximum absolute atomic E-state index is 12.9. The Hall–Kier alpha value is -1.38. The van der Waals surface area contributed by atoms with E-state index in [0.29, 0.717) is 12.5 Å². The number of rotatable bonds is 5. The molecule has 0 unspecified atom stereocenters.